The Morgan fingerprint density at radius 1 is 0.438 bits per heavy atom. The third-order valence-corrected chi connectivity index (χ3v) is 26.7. The molecule has 0 amide bonds. The standard InChI is InChI=1S/C18H16N2O4S.2C18H15P.C11H10ClNO2S.C7H6NO2.3CH3.2ClH.Pd.Sn/c1-24-18(21)13-5-6-19-15(9-13)8-12-7-14-10-16(25(2,22)23)3-4-17(14)20-11-12;2*1-4-10-16(11-5-1)19(17-12-6-2-7-13-17)18-14-8-3-9-15-18;1-16(14,15)10-2-3-11-9(5-10)4-8(6-12)7-13-11;1-10-7(9)6-2-4-8-5-3-6;;;;;;;/h3-7,9-11H,8H2,1-2H3;2*1-15H;2-5,7H,6H2,1H3;2-4H,1H3;3*1H3;2*1H;;/q;;;;;;;;;;+2;/p-2. The van der Waals surface area contributed by atoms with E-state index < -0.39 is 59.9 Å². The number of methoxy groups -OCH3 is 2. The zero-order valence-corrected chi connectivity index (χ0v) is 63.8. The van der Waals surface area contributed by atoms with Crippen LogP contribution in [0.4, 0.5) is 0 Å². The monoisotopic (exact) mass is 1610 g/mol. The number of fused-ring (bicyclic) bond motifs is 2. The maximum absolute atomic E-state index is 11.7. The Morgan fingerprint density at radius 3 is 1.08 bits per heavy atom. The van der Waals surface area contributed by atoms with Gasteiger partial charge in [0.25, 0.3) is 0 Å². The van der Waals surface area contributed by atoms with Crippen molar-refractivity contribution >= 4 is 154 Å². The number of carbonyl (C=O) groups is 2. The summed E-state index contributed by atoms with van der Waals surface area (Å²) in [5, 5.41) is 9.92. The number of carbonyl (C=O) groups excluding carboxylic acids is 2. The average Bonchev–Trinajstić information content (AvgIpc) is 0.925. The summed E-state index contributed by atoms with van der Waals surface area (Å²) in [5.74, 6) is -0.339. The van der Waals surface area contributed by atoms with Crippen molar-refractivity contribution in [2.24, 2.45) is 0 Å². The van der Waals surface area contributed by atoms with Crippen LogP contribution in [-0.2, 0) is 57.4 Å². The molecule has 21 heteroatoms. The SMILES string of the molecule is COC(=O)c1ccn[c]([Sn]([CH3])([CH3])[CH3])c1.COC(=O)c1ccnc(Cc2cnc3ccc(S(C)(=O)=O)cc3c2)c1.CS(=O)(=O)c1ccc2ncc(CCl)cc2c1.[Cl][Pd][Cl].c1ccc(P(c2ccccc2)c2ccccc2)cc1.c1ccc(P(c2ccccc2)c2ccccc2)cc1. The van der Waals surface area contributed by atoms with Crippen LogP contribution in [0.25, 0.3) is 21.8 Å². The summed E-state index contributed by atoms with van der Waals surface area (Å²) in [7, 11) is 5.01. The maximum Gasteiger partial charge on any atom is -0.0134 e. The second-order valence-electron chi connectivity index (χ2n) is 22.2. The van der Waals surface area contributed by atoms with Gasteiger partial charge in [0.15, 0.2) is 19.7 Å². The fraction of sp³-hybridized carbons (Fsp3) is 0.120. The largest absolute Gasteiger partial charge is 0.0622 e. The van der Waals surface area contributed by atoms with E-state index >= 15 is 0 Å². The quantitative estimate of drug-likeness (QED) is 0.0437. The van der Waals surface area contributed by atoms with E-state index in [0.717, 1.165) is 31.1 Å². The number of alkyl halides is 1. The third-order valence-electron chi connectivity index (χ3n) is 14.1. The van der Waals surface area contributed by atoms with E-state index in [2.05, 4.69) is 221 Å². The fourth-order valence-corrected chi connectivity index (χ4v) is 18.5. The van der Waals surface area contributed by atoms with Gasteiger partial charge in [0.05, 0.1) is 33.5 Å². The molecule has 4 heterocycles. The molecule has 0 atom stereocenters. The van der Waals surface area contributed by atoms with Gasteiger partial charge in [-0.3, -0.25) is 15.0 Å². The van der Waals surface area contributed by atoms with Gasteiger partial charge in [0.1, 0.15) is 0 Å². The topological polar surface area (TPSA) is 172 Å². The Kier molecular flexibility index (Phi) is 30.3. The third kappa shape index (κ3) is 23.6. The molecular weight excluding hydrogens is 1540 g/mol. The first-order chi connectivity index (χ1) is 46.1. The summed E-state index contributed by atoms with van der Waals surface area (Å²) < 4.78 is 56.7. The molecule has 0 unspecified atom stereocenters. The molecule has 0 saturated heterocycles. The molecule has 12 nitrogen and oxygen atoms in total. The molecule has 12 rings (SSSR count). The van der Waals surface area contributed by atoms with Crippen LogP contribution in [-0.4, -0.2) is 93.8 Å². The molecule has 0 aliphatic rings. The van der Waals surface area contributed by atoms with Crippen LogP contribution in [0.1, 0.15) is 37.5 Å². The molecular formula is C75H71Cl3N4O8P2PdS2Sn. The normalized spacial score (nSPS) is 11.0. The molecule has 0 bridgehead atoms. The van der Waals surface area contributed by atoms with E-state index in [9.17, 15) is 26.4 Å². The molecule has 0 N–H and O–H groups in total. The summed E-state index contributed by atoms with van der Waals surface area (Å²) >= 11 is 3.44. The summed E-state index contributed by atoms with van der Waals surface area (Å²) in [6.45, 7) is 0. The number of sulfone groups is 2. The summed E-state index contributed by atoms with van der Waals surface area (Å²) in [4.78, 5) is 47.3. The van der Waals surface area contributed by atoms with E-state index in [-0.39, 0.29) is 26.8 Å². The van der Waals surface area contributed by atoms with Crippen LogP contribution < -0.4 is 35.5 Å². The number of ether oxygens (including phenoxy) is 2. The van der Waals surface area contributed by atoms with Crippen molar-refractivity contribution in [2.45, 2.75) is 36.9 Å². The van der Waals surface area contributed by atoms with Gasteiger partial charge in [0, 0.05) is 59.9 Å². The minimum Gasteiger partial charge on any atom is -0.0622 e. The smallest absolute Gasteiger partial charge is 0.0134 e. The van der Waals surface area contributed by atoms with Gasteiger partial charge in [0.2, 0.25) is 0 Å². The van der Waals surface area contributed by atoms with Gasteiger partial charge in [-0.05, 0) is 119 Å². The Morgan fingerprint density at radius 2 is 0.760 bits per heavy atom. The predicted octanol–water partition coefficient (Wildman–Crippen LogP) is 14.5. The molecule has 12 aromatic rings. The Balaban J connectivity index is 0.000000170. The Bertz CT molecular complexity index is 4380. The number of pyridine rings is 4. The molecule has 4 aromatic heterocycles. The number of esters is 2. The predicted molar refractivity (Wildman–Crippen MR) is 398 cm³/mol. The summed E-state index contributed by atoms with van der Waals surface area (Å²) in [6, 6.07) is 84.9. The van der Waals surface area contributed by atoms with Crippen molar-refractivity contribution in [3.63, 3.8) is 0 Å². The first kappa shape index (κ1) is 76.3. The zero-order chi connectivity index (χ0) is 69.1. The van der Waals surface area contributed by atoms with Crippen molar-refractivity contribution in [3.8, 4) is 0 Å². The number of hydrogen-bond acceptors (Lipinski definition) is 12. The van der Waals surface area contributed by atoms with Crippen molar-refractivity contribution in [1.29, 1.82) is 0 Å². The Labute approximate surface area is 591 Å². The minimum absolute atomic E-state index is 0.106. The molecule has 96 heavy (non-hydrogen) atoms. The maximum atomic E-state index is 11.7. The van der Waals surface area contributed by atoms with Crippen molar-refractivity contribution in [3.05, 3.63) is 308 Å². The first-order valence-corrected chi connectivity index (χ1v) is 50.7. The molecule has 0 fully saturated rings. The molecule has 496 valence electrons. The van der Waals surface area contributed by atoms with Gasteiger partial charge in [-0.25, -0.2) is 21.6 Å². The molecule has 0 saturated carbocycles. The average molecular weight is 1610 g/mol. The molecule has 8 aromatic carbocycles. The van der Waals surface area contributed by atoms with Crippen molar-refractivity contribution in [2.75, 3.05) is 26.7 Å². The van der Waals surface area contributed by atoms with Crippen LogP contribution in [0.3, 0.4) is 0 Å². The minimum atomic E-state index is -3.28. The second-order valence-corrected chi connectivity index (χ2v) is 47.6. The van der Waals surface area contributed by atoms with Gasteiger partial charge in [-0.1, -0.05) is 182 Å². The van der Waals surface area contributed by atoms with Crippen LogP contribution in [0.2, 0.25) is 14.8 Å². The van der Waals surface area contributed by atoms with Crippen LogP contribution in [0.5, 0.6) is 0 Å². The van der Waals surface area contributed by atoms with Gasteiger partial charge < -0.3 is 4.74 Å². The number of aromatic nitrogens is 4. The van der Waals surface area contributed by atoms with E-state index in [1.165, 1.54) is 58.6 Å². The number of benzene rings is 8. The van der Waals surface area contributed by atoms with Gasteiger partial charge in [-0.2, -0.15) is 0 Å². The van der Waals surface area contributed by atoms with Crippen molar-refractivity contribution in [1.82, 2.24) is 19.9 Å². The van der Waals surface area contributed by atoms with Crippen LogP contribution >= 0.6 is 46.5 Å². The van der Waals surface area contributed by atoms with Gasteiger partial charge in [-0.15, -0.1) is 11.6 Å². The zero-order valence-electron chi connectivity index (χ0n) is 53.7. The number of halogens is 3. The molecule has 0 aliphatic carbocycles. The van der Waals surface area contributed by atoms with Crippen LogP contribution in [0.15, 0.2) is 289 Å². The van der Waals surface area contributed by atoms with Crippen molar-refractivity contribution < 1.29 is 51.8 Å². The first-order valence-electron chi connectivity index (χ1n) is 29.7. The second kappa shape index (κ2) is 38.2. The number of rotatable bonds is 14. The summed E-state index contributed by atoms with van der Waals surface area (Å²) in [5.41, 5.74) is 4.95. The molecule has 0 radical (unpaired) electrons. The van der Waals surface area contributed by atoms with E-state index in [1.807, 2.05) is 18.2 Å². The van der Waals surface area contributed by atoms with E-state index in [0.29, 0.717) is 39.5 Å². The Hall–Kier alpha value is -7.09. The van der Waals surface area contributed by atoms with E-state index in [1.54, 1.807) is 79.4 Å². The fourth-order valence-electron chi connectivity index (χ4n) is 9.41. The number of hydrogen-bond donors (Lipinski definition) is 0. The molecule has 0 spiro atoms. The number of nitrogens with zero attached hydrogens (tertiary/aromatic N) is 4. The summed E-state index contributed by atoms with van der Waals surface area (Å²) in [6.07, 6.45) is 9.48. The van der Waals surface area contributed by atoms with Gasteiger partial charge >= 0.3 is 129 Å². The van der Waals surface area contributed by atoms with E-state index in [4.69, 9.17) is 35.4 Å². The molecule has 0 aliphatic heterocycles. The van der Waals surface area contributed by atoms with Crippen LogP contribution in [0, 0.1) is 0 Å².